The molecule has 0 aromatic heterocycles. The van der Waals surface area contributed by atoms with Gasteiger partial charge in [0.2, 0.25) is 5.91 Å². The Bertz CT molecular complexity index is 1670. The molecular weight excluding hydrogens is 964 g/mol. The fourth-order valence-electron chi connectivity index (χ4n) is 8.23. The molecule has 0 bridgehead atoms. The summed E-state index contributed by atoms with van der Waals surface area (Å²) in [6, 6.07) is -0.895. The summed E-state index contributed by atoms with van der Waals surface area (Å²) in [6.45, 7) is 6.79. The van der Waals surface area contributed by atoms with E-state index in [0.29, 0.717) is 17.4 Å². The van der Waals surface area contributed by atoms with Gasteiger partial charge in [-0.2, -0.15) is 0 Å². The average Bonchev–Trinajstić information content (AvgIpc) is 3.38. The van der Waals surface area contributed by atoms with Gasteiger partial charge in [-0.05, 0) is 102 Å². The van der Waals surface area contributed by atoms with Crippen molar-refractivity contribution in [2.45, 2.75) is 258 Å². The number of carbonyl (C=O) groups excluding carboxylic acids is 2. The van der Waals surface area contributed by atoms with Gasteiger partial charge in [-0.1, -0.05) is 240 Å². The van der Waals surface area contributed by atoms with Gasteiger partial charge in [0.15, 0.2) is 0 Å². The predicted molar refractivity (Wildman–Crippen MR) is 327 cm³/mol. The number of quaternary nitrogens is 1. The standard InChI is InChI=1S/C66H115N2O7P/c1-7-10-13-16-19-22-25-27-29-31-32-33-34-35-36-37-39-41-44-47-50-53-56-59-66(70)75-64(57-54-51-48-45-42-24-21-18-15-12-9-3)63(62-74-76(71,72)73-61-60-68(4,5)6)67-65(69)58-55-52-49-46-43-40-38-30-28-26-23-20-17-14-11-8-2/h11,14,19-20,22-23,27-30,32-33,40,43,49,52,54,57,63-64H,7-10,12-13,15-18,21,24-26,31,34-39,41-42,44-48,50-51,53,55-56,58-62H2,1-6H3,(H-,67,69,71,72)/p+1/b14-11+,22-19-,23-20+,29-27-,30-28+,33-32-,43-40+,52-49+,57-54-. The van der Waals surface area contributed by atoms with Crippen molar-refractivity contribution in [1.29, 1.82) is 0 Å². The van der Waals surface area contributed by atoms with Gasteiger partial charge < -0.3 is 19.4 Å². The van der Waals surface area contributed by atoms with Gasteiger partial charge in [-0.15, -0.1) is 0 Å². The molecule has 0 rings (SSSR count). The largest absolute Gasteiger partial charge is 0.472 e. The normalized spacial score (nSPS) is 14.5. The van der Waals surface area contributed by atoms with Crippen LogP contribution in [0.4, 0.5) is 0 Å². The Hall–Kier alpha value is -3.33. The molecule has 0 aliphatic carbocycles. The van der Waals surface area contributed by atoms with E-state index in [0.717, 1.165) is 96.3 Å². The zero-order valence-electron chi connectivity index (χ0n) is 49.7. The highest BCUT2D eigenvalue weighted by Gasteiger charge is 2.30. The lowest BCUT2D eigenvalue weighted by Gasteiger charge is -2.27. The number of nitrogens with one attached hydrogen (secondary N) is 1. The van der Waals surface area contributed by atoms with Crippen LogP contribution in [0.3, 0.4) is 0 Å². The van der Waals surface area contributed by atoms with E-state index in [-0.39, 0.29) is 37.9 Å². The number of carbonyl (C=O) groups is 2. The number of phosphoric acid groups is 1. The Kier molecular flexibility index (Phi) is 52.6. The first kappa shape index (κ1) is 72.7. The van der Waals surface area contributed by atoms with E-state index < -0.39 is 20.0 Å². The minimum Gasteiger partial charge on any atom is -0.456 e. The summed E-state index contributed by atoms with van der Waals surface area (Å²) in [4.78, 5) is 37.6. The summed E-state index contributed by atoms with van der Waals surface area (Å²) >= 11 is 0. The molecule has 0 fully saturated rings. The molecule has 0 radical (unpaired) electrons. The SMILES string of the molecule is CC/C=C/C/C=C/C/C=C/C/C=C/C/C=C/CCC(=O)NC(COP(=O)(O)OCC[N+](C)(C)C)C(/C=C\CCCCCCCCCCC)OC(=O)CCCCCCCCCCCC/C=C\C/C=C\C/C=C\CCCCC. The van der Waals surface area contributed by atoms with Gasteiger partial charge in [-0.25, -0.2) is 4.57 Å². The van der Waals surface area contributed by atoms with Crippen LogP contribution >= 0.6 is 7.82 Å². The van der Waals surface area contributed by atoms with Gasteiger partial charge in [-0.3, -0.25) is 18.6 Å². The van der Waals surface area contributed by atoms with Crippen molar-refractivity contribution in [3.8, 4) is 0 Å². The number of unbranched alkanes of at least 4 members (excludes halogenated alkanes) is 22. The second-order valence-corrected chi connectivity index (χ2v) is 22.9. The molecule has 3 atom stereocenters. The highest BCUT2D eigenvalue weighted by atomic mass is 31.2. The van der Waals surface area contributed by atoms with E-state index in [4.69, 9.17) is 13.8 Å². The van der Waals surface area contributed by atoms with Gasteiger partial charge in [0.25, 0.3) is 0 Å². The molecule has 0 aromatic carbocycles. The number of allylic oxidation sites excluding steroid dienone is 17. The number of hydrogen-bond acceptors (Lipinski definition) is 6. The zero-order valence-corrected chi connectivity index (χ0v) is 50.6. The Labute approximate surface area is 468 Å². The summed E-state index contributed by atoms with van der Waals surface area (Å²) < 4.78 is 30.6. The van der Waals surface area contributed by atoms with E-state index in [1.165, 1.54) is 109 Å². The Morgan fingerprint density at radius 1 is 0.474 bits per heavy atom. The number of amides is 1. The number of ether oxygens (including phenoxy) is 1. The molecule has 0 saturated carbocycles. The number of likely N-dealkylation sites (N-methyl/N-ethyl adjacent to an activating group) is 1. The van der Waals surface area contributed by atoms with Gasteiger partial charge in [0.05, 0.1) is 33.8 Å². The first-order chi connectivity index (χ1) is 36.9. The van der Waals surface area contributed by atoms with Crippen LogP contribution < -0.4 is 5.32 Å². The highest BCUT2D eigenvalue weighted by molar-refractivity contribution is 7.47. The highest BCUT2D eigenvalue weighted by Crippen LogP contribution is 2.43. The predicted octanol–water partition coefficient (Wildman–Crippen LogP) is 18.9. The maximum atomic E-state index is 13.5. The third-order valence-electron chi connectivity index (χ3n) is 13.0. The first-order valence-corrected chi connectivity index (χ1v) is 32.2. The lowest BCUT2D eigenvalue weighted by Crippen LogP contribution is -2.47. The molecule has 2 N–H and O–H groups in total. The molecule has 10 heteroatoms. The van der Waals surface area contributed by atoms with Crippen LogP contribution in [-0.2, 0) is 27.9 Å². The molecule has 9 nitrogen and oxygen atoms in total. The number of hydrogen-bond donors (Lipinski definition) is 2. The van der Waals surface area contributed by atoms with Crippen molar-refractivity contribution in [1.82, 2.24) is 5.32 Å². The van der Waals surface area contributed by atoms with Crippen molar-refractivity contribution in [2.75, 3.05) is 40.9 Å². The van der Waals surface area contributed by atoms with Crippen LogP contribution in [-0.4, -0.2) is 74.3 Å². The Morgan fingerprint density at radius 2 is 0.855 bits per heavy atom. The fourth-order valence-corrected chi connectivity index (χ4v) is 8.96. The number of nitrogens with zero attached hydrogens (tertiary/aromatic N) is 1. The lowest BCUT2D eigenvalue weighted by molar-refractivity contribution is -0.870. The zero-order chi connectivity index (χ0) is 55.7. The van der Waals surface area contributed by atoms with E-state index >= 15 is 0 Å². The maximum Gasteiger partial charge on any atom is 0.472 e. The number of phosphoric ester groups is 1. The summed E-state index contributed by atoms with van der Waals surface area (Å²) in [5.41, 5.74) is 0. The van der Waals surface area contributed by atoms with Crippen LogP contribution in [0.15, 0.2) is 109 Å². The molecule has 1 amide bonds. The molecule has 0 spiro atoms. The summed E-state index contributed by atoms with van der Waals surface area (Å²) in [6.07, 6.45) is 75.4. The smallest absolute Gasteiger partial charge is 0.456 e. The second-order valence-electron chi connectivity index (χ2n) is 21.5. The van der Waals surface area contributed by atoms with Crippen molar-refractivity contribution in [3.05, 3.63) is 109 Å². The van der Waals surface area contributed by atoms with Crippen LogP contribution in [0.25, 0.3) is 0 Å². The topological polar surface area (TPSA) is 111 Å². The number of rotatable bonds is 54. The molecule has 0 aliphatic rings. The minimum absolute atomic E-state index is 0.0212. The van der Waals surface area contributed by atoms with Crippen LogP contribution in [0.2, 0.25) is 0 Å². The molecular formula is C66H116N2O7P+. The third-order valence-corrected chi connectivity index (χ3v) is 13.9. The average molecular weight is 1080 g/mol. The van der Waals surface area contributed by atoms with Crippen molar-refractivity contribution >= 4 is 19.7 Å². The molecule has 0 aliphatic heterocycles. The van der Waals surface area contributed by atoms with E-state index in [1.807, 2.05) is 45.4 Å². The van der Waals surface area contributed by atoms with Gasteiger partial charge in [0, 0.05) is 12.8 Å². The molecule has 76 heavy (non-hydrogen) atoms. The summed E-state index contributed by atoms with van der Waals surface area (Å²) in [7, 11) is 1.44. The maximum absolute atomic E-state index is 13.5. The monoisotopic (exact) mass is 1080 g/mol. The van der Waals surface area contributed by atoms with Crippen LogP contribution in [0, 0.1) is 0 Å². The minimum atomic E-state index is -4.47. The quantitative estimate of drug-likeness (QED) is 0.0205. The molecule has 3 unspecified atom stereocenters. The van der Waals surface area contributed by atoms with E-state index in [2.05, 4.69) is 111 Å². The van der Waals surface area contributed by atoms with Crippen molar-refractivity contribution in [2.24, 2.45) is 0 Å². The van der Waals surface area contributed by atoms with E-state index in [1.54, 1.807) is 0 Å². The molecule has 0 saturated heterocycles. The van der Waals surface area contributed by atoms with Crippen molar-refractivity contribution < 1.29 is 37.3 Å². The fraction of sp³-hybridized carbons (Fsp3) is 0.697. The molecule has 436 valence electrons. The summed E-state index contributed by atoms with van der Waals surface area (Å²) in [5.74, 6) is -0.612. The van der Waals surface area contributed by atoms with Gasteiger partial charge >= 0.3 is 13.8 Å². The first-order valence-electron chi connectivity index (χ1n) is 30.7. The number of esters is 1. The Balaban J connectivity index is 5.28. The van der Waals surface area contributed by atoms with Crippen LogP contribution in [0.5, 0.6) is 0 Å². The summed E-state index contributed by atoms with van der Waals surface area (Å²) in [5, 5.41) is 3.00. The Morgan fingerprint density at radius 3 is 1.32 bits per heavy atom. The van der Waals surface area contributed by atoms with Crippen molar-refractivity contribution in [3.63, 3.8) is 0 Å². The van der Waals surface area contributed by atoms with E-state index in [9.17, 15) is 19.0 Å². The second kappa shape index (κ2) is 55.0. The lowest BCUT2D eigenvalue weighted by atomic mass is 10.0. The molecule has 0 aromatic rings. The van der Waals surface area contributed by atoms with Crippen LogP contribution in [0.1, 0.15) is 245 Å². The van der Waals surface area contributed by atoms with Gasteiger partial charge in [0.1, 0.15) is 19.3 Å². The third kappa shape index (κ3) is 55.4. The molecule has 0 heterocycles.